The molecule has 31 heavy (non-hydrogen) atoms. The Morgan fingerprint density at radius 1 is 1.32 bits per heavy atom. The molecule has 4 rings (SSSR count). The zero-order chi connectivity index (χ0) is 22.0. The van der Waals surface area contributed by atoms with E-state index in [1.165, 1.54) is 30.2 Å². The zero-order valence-corrected chi connectivity index (χ0v) is 19.3. The molecular formula is C21H24N4O4S2. The molecule has 1 aliphatic carbocycles. The first kappa shape index (κ1) is 21.6. The minimum absolute atomic E-state index is 0.0932. The predicted molar refractivity (Wildman–Crippen MR) is 120 cm³/mol. The number of carbonyl (C=O) groups excluding carboxylic acids is 2. The molecule has 1 aliphatic rings. The van der Waals surface area contributed by atoms with Crippen LogP contribution in [0.15, 0.2) is 28.0 Å². The summed E-state index contributed by atoms with van der Waals surface area (Å²) >= 11 is 2.78. The summed E-state index contributed by atoms with van der Waals surface area (Å²) in [7, 11) is 1.37. The van der Waals surface area contributed by atoms with E-state index in [9.17, 15) is 9.59 Å². The molecule has 0 atom stereocenters. The minimum atomic E-state index is -0.398. The average Bonchev–Trinajstić information content (AvgIpc) is 3.48. The quantitative estimate of drug-likeness (QED) is 0.407. The maximum absolute atomic E-state index is 12.7. The van der Waals surface area contributed by atoms with Crippen LogP contribution in [-0.4, -0.2) is 39.5 Å². The Morgan fingerprint density at radius 2 is 2.13 bits per heavy atom. The number of methoxy groups -OCH3 is 1. The molecule has 3 aromatic heterocycles. The summed E-state index contributed by atoms with van der Waals surface area (Å²) in [6, 6.07) is 3.72. The zero-order valence-electron chi connectivity index (χ0n) is 17.6. The Labute approximate surface area is 188 Å². The summed E-state index contributed by atoms with van der Waals surface area (Å²) in [4.78, 5) is 26.2. The van der Waals surface area contributed by atoms with E-state index >= 15 is 0 Å². The van der Waals surface area contributed by atoms with Crippen LogP contribution < -0.4 is 5.32 Å². The molecule has 0 unspecified atom stereocenters. The average molecular weight is 461 g/mol. The SMILES string of the molecule is COC(=O)c1c(NC(=O)CSc2nnc(-c3ccco3)n2C(C)C)sc2c1CCCC2. The van der Waals surface area contributed by atoms with Crippen molar-refractivity contribution in [1.29, 1.82) is 0 Å². The molecule has 0 radical (unpaired) electrons. The summed E-state index contributed by atoms with van der Waals surface area (Å²) < 4.78 is 12.4. The summed E-state index contributed by atoms with van der Waals surface area (Å²) in [6.07, 6.45) is 5.50. The fraction of sp³-hybridized carbons (Fsp3) is 0.429. The summed E-state index contributed by atoms with van der Waals surface area (Å²) in [5.41, 5.74) is 1.53. The lowest BCUT2D eigenvalue weighted by molar-refractivity contribution is -0.113. The van der Waals surface area contributed by atoms with Gasteiger partial charge in [-0.2, -0.15) is 0 Å². The normalized spacial score (nSPS) is 13.3. The summed E-state index contributed by atoms with van der Waals surface area (Å²) in [6.45, 7) is 4.05. The van der Waals surface area contributed by atoms with Gasteiger partial charge in [0.15, 0.2) is 10.9 Å². The summed E-state index contributed by atoms with van der Waals surface area (Å²) in [5.74, 6) is 0.800. The fourth-order valence-electron chi connectivity index (χ4n) is 3.68. The van der Waals surface area contributed by atoms with Gasteiger partial charge in [-0.15, -0.1) is 21.5 Å². The van der Waals surface area contributed by atoms with Crippen LogP contribution >= 0.6 is 23.1 Å². The van der Waals surface area contributed by atoms with Gasteiger partial charge in [-0.25, -0.2) is 4.79 Å². The third-order valence-corrected chi connectivity index (χ3v) is 7.22. The predicted octanol–water partition coefficient (Wildman–Crippen LogP) is 4.58. The number of furan rings is 1. The lowest BCUT2D eigenvalue weighted by atomic mass is 9.95. The monoisotopic (exact) mass is 460 g/mol. The maximum atomic E-state index is 12.7. The van der Waals surface area contributed by atoms with E-state index in [0.717, 1.165) is 36.1 Å². The number of rotatable bonds is 7. The smallest absolute Gasteiger partial charge is 0.341 e. The molecule has 0 bridgehead atoms. The number of aryl methyl sites for hydroxylation is 1. The van der Waals surface area contributed by atoms with Crippen LogP contribution in [0.5, 0.6) is 0 Å². The number of nitrogens with zero attached hydrogens (tertiary/aromatic N) is 3. The number of hydrogen-bond donors (Lipinski definition) is 1. The molecule has 0 fully saturated rings. The van der Waals surface area contributed by atoms with Gasteiger partial charge in [0.2, 0.25) is 11.7 Å². The van der Waals surface area contributed by atoms with E-state index in [0.29, 0.717) is 27.3 Å². The third kappa shape index (κ3) is 4.40. The van der Waals surface area contributed by atoms with Gasteiger partial charge in [0.05, 0.1) is 24.7 Å². The van der Waals surface area contributed by atoms with Gasteiger partial charge in [0, 0.05) is 10.9 Å². The van der Waals surface area contributed by atoms with Crippen molar-refractivity contribution in [3.8, 4) is 11.6 Å². The molecule has 0 spiro atoms. The number of hydrogen-bond acceptors (Lipinski definition) is 8. The topological polar surface area (TPSA) is 99.2 Å². The molecule has 0 saturated carbocycles. The number of amides is 1. The van der Waals surface area contributed by atoms with Crippen molar-refractivity contribution in [3.63, 3.8) is 0 Å². The van der Waals surface area contributed by atoms with Gasteiger partial charge in [-0.05, 0) is 57.2 Å². The molecular weight excluding hydrogens is 436 g/mol. The Hall–Kier alpha value is -2.59. The van der Waals surface area contributed by atoms with Gasteiger partial charge in [-0.3, -0.25) is 9.36 Å². The van der Waals surface area contributed by atoms with Crippen molar-refractivity contribution >= 4 is 40.0 Å². The Morgan fingerprint density at radius 3 is 2.84 bits per heavy atom. The van der Waals surface area contributed by atoms with Crippen molar-refractivity contribution in [2.45, 2.75) is 50.7 Å². The fourth-order valence-corrected chi connectivity index (χ4v) is 5.84. The lowest BCUT2D eigenvalue weighted by Gasteiger charge is -2.13. The number of thioether (sulfide) groups is 1. The summed E-state index contributed by atoms with van der Waals surface area (Å²) in [5, 5.41) is 12.6. The molecule has 0 saturated heterocycles. The molecule has 3 heterocycles. The highest BCUT2D eigenvalue weighted by molar-refractivity contribution is 7.99. The van der Waals surface area contributed by atoms with Crippen molar-refractivity contribution in [2.75, 3.05) is 18.2 Å². The highest BCUT2D eigenvalue weighted by Crippen LogP contribution is 2.38. The van der Waals surface area contributed by atoms with Crippen molar-refractivity contribution in [1.82, 2.24) is 14.8 Å². The number of nitrogens with one attached hydrogen (secondary N) is 1. The van der Waals surface area contributed by atoms with Gasteiger partial charge < -0.3 is 14.5 Å². The van der Waals surface area contributed by atoms with E-state index in [4.69, 9.17) is 9.15 Å². The van der Waals surface area contributed by atoms with Crippen LogP contribution in [0.25, 0.3) is 11.6 Å². The molecule has 10 heteroatoms. The van der Waals surface area contributed by atoms with Crippen molar-refractivity contribution in [3.05, 3.63) is 34.4 Å². The standard InChI is InChI=1S/C21H24N4O4S2/c1-12(2)25-18(14-8-6-10-29-14)23-24-21(25)30-11-16(26)22-19-17(20(27)28-3)13-7-4-5-9-15(13)31-19/h6,8,10,12H,4-5,7,9,11H2,1-3H3,(H,22,26). The van der Waals surface area contributed by atoms with Crippen LogP contribution in [-0.2, 0) is 22.4 Å². The van der Waals surface area contributed by atoms with Crippen LogP contribution in [0, 0.1) is 0 Å². The van der Waals surface area contributed by atoms with Crippen LogP contribution in [0.3, 0.4) is 0 Å². The van der Waals surface area contributed by atoms with E-state index in [2.05, 4.69) is 15.5 Å². The van der Waals surface area contributed by atoms with Crippen LogP contribution in [0.1, 0.15) is 53.5 Å². The minimum Gasteiger partial charge on any atom is -0.465 e. The second-order valence-corrected chi connectivity index (χ2v) is 9.54. The number of anilines is 1. The van der Waals surface area contributed by atoms with E-state index in [1.54, 1.807) is 12.3 Å². The number of aromatic nitrogens is 3. The Bertz CT molecular complexity index is 1090. The molecule has 1 N–H and O–H groups in total. The Kier molecular flexibility index (Phi) is 6.47. The number of thiophene rings is 1. The second kappa shape index (κ2) is 9.27. The number of ether oxygens (including phenoxy) is 1. The van der Waals surface area contributed by atoms with Gasteiger partial charge in [-0.1, -0.05) is 11.8 Å². The molecule has 164 valence electrons. The van der Waals surface area contributed by atoms with Gasteiger partial charge in [0.25, 0.3) is 0 Å². The first-order valence-electron chi connectivity index (χ1n) is 10.1. The van der Waals surface area contributed by atoms with E-state index in [-0.39, 0.29) is 17.7 Å². The molecule has 8 nitrogen and oxygen atoms in total. The molecule has 3 aromatic rings. The number of fused-ring (bicyclic) bond motifs is 1. The molecule has 0 aromatic carbocycles. The van der Waals surface area contributed by atoms with Crippen LogP contribution in [0.2, 0.25) is 0 Å². The van der Waals surface area contributed by atoms with Crippen LogP contribution in [0.4, 0.5) is 5.00 Å². The second-order valence-electron chi connectivity index (χ2n) is 7.49. The molecule has 1 amide bonds. The number of esters is 1. The van der Waals surface area contributed by atoms with Gasteiger partial charge in [0.1, 0.15) is 5.00 Å². The van der Waals surface area contributed by atoms with Gasteiger partial charge >= 0.3 is 5.97 Å². The highest BCUT2D eigenvalue weighted by atomic mass is 32.2. The molecule has 0 aliphatic heterocycles. The highest BCUT2D eigenvalue weighted by Gasteiger charge is 2.27. The van der Waals surface area contributed by atoms with Crippen molar-refractivity contribution < 1.29 is 18.7 Å². The van der Waals surface area contributed by atoms with Crippen molar-refractivity contribution in [2.24, 2.45) is 0 Å². The van der Waals surface area contributed by atoms with E-state index in [1.807, 2.05) is 24.5 Å². The number of carbonyl (C=O) groups is 2. The maximum Gasteiger partial charge on any atom is 0.341 e. The third-order valence-electron chi connectivity index (χ3n) is 5.07. The Balaban J connectivity index is 1.50. The first-order chi connectivity index (χ1) is 15.0. The lowest BCUT2D eigenvalue weighted by Crippen LogP contribution is -2.17. The van der Waals surface area contributed by atoms with E-state index < -0.39 is 5.97 Å². The largest absolute Gasteiger partial charge is 0.465 e. The first-order valence-corrected chi connectivity index (χ1v) is 11.9.